The second-order valence-electron chi connectivity index (χ2n) is 18.6. The SMILES string of the molecule is CCn1c(-c2cccnc2[C@H](C)OC)c2c3cc(ccc31)-c1csc(n1)CI(NC(=O)[C@H](C(C)C)N(C)C(=O)N1CCC(C(=O)C(F)(F)F)CC1)C(=O)N1CCC[C@H](N1)C(=O)OCC(C)(C)C2. The molecule has 3 aliphatic rings. The number of methoxy groups -OCH3 is 1. The summed E-state index contributed by atoms with van der Waals surface area (Å²) in [6.45, 7) is 12.7. The number of Topliss-reactive ketones (excluding diaryl/α,β-unsaturated/α-hetero) is 1. The van der Waals surface area contributed by atoms with Gasteiger partial charge in [-0.25, -0.2) is 0 Å². The minimum atomic E-state index is -4.95. The molecule has 3 aromatic heterocycles. The first-order valence-corrected chi connectivity index (χ1v) is 27.2. The summed E-state index contributed by atoms with van der Waals surface area (Å²) in [6.07, 6.45) is -2.27. The van der Waals surface area contributed by atoms with Crippen LogP contribution in [0, 0.1) is 17.3 Å². The Balaban J connectivity index is 1.23. The van der Waals surface area contributed by atoms with E-state index in [0.29, 0.717) is 36.5 Å². The molecule has 0 unspecified atom stereocenters. The van der Waals surface area contributed by atoms with Gasteiger partial charge in [-0.3, -0.25) is 0 Å². The fourth-order valence-electron chi connectivity index (χ4n) is 9.30. The van der Waals surface area contributed by atoms with E-state index >= 15 is 0 Å². The topological polar surface area (TPSA) is 168 Å². The van der Waals surface area contributed by atoms with Crippen molar-refractivity contribution in [2.45, 2.75) is 109 Å². The van der Waals surface area contributed by atoms with Gasteiger partial charge in [0.05, 0.1) is 0 Å². The Bertz CT molecular complexity index is 2500. The number of piperidine rings is 1. The van der Waals surface area contributed by atoms with Gasteiger partial charge in [-0.2, -0.15) is 0 Å². The molecule has 7 rings (SSSR count). The Morgan fingerprint density at radius 2 is 1.84 bits per heavy atom. The van der Waals surface area contributed by atoms with Crippen molar-refractivity contribution in [3.63, 3.8) is 0 Å². The van der Waals surface area contributed by atoms with Gasteiger partial charge in [0.1, 0.15) is 0 Å². The predicted molar refractivity (Wildman–Crippen MR) is 257 cm³/mol. The van der Waals surface area contributed by atoms with Crippen LogP contribution in [-0.4, -0.2) is 116 Å². The maximum atomic E-state index is 14.7. The molecule has 4 amide bonds. The molecule has 364 valence electrons. The molecule has 3 atom stereocenters. The minimum absolute atomic E-state index is 0.0773. The number of esters is 1. The second kappa shape index (κ2) is 20.5. The van der Waals surface area contributed by atoms with Crippen molar-refractivity contribution in [2.75, 3.05) is 40.4 Å². The van der Waals surface area contributed by atoms with Crippen molar-refractivity contribution in [1.29, 1.82) is 0 Å². The van der Waals surface area contributed by atoms with Crippen molar-refractivity contribution < 1.29 is 46.6 Å². The van der Waals surface area contributed by atoms with E-state index in [-0.39, 0.29) is 53.5 Å². The number of hydrogen-bond donors (Lipinski definition) is 2. The standard InChI is InChI=1S/C47H60F3IN8O7S/c1-9-58-36-15-14-30-22-32(36)33(40(58)31-12-10-18-52-38(31)28(4)65-8)23-46(5,6)26-66-43(62)34-13-11-19-59(55-34)44(63)51(24-37-53-35(30)25-67-37)54-42(61)39(27(2)3)56(7)45(64)57-20-16-29(17-21-57)41(60)47(48,49)50/h10,12,14-15,18,22,25,27-29,34,39,55H,9,11,13,16-17,19-21,23-24,26H2,1-8H3,(H,54,61)/t28-,34-,39-/m0/s1. The number of carbonyl (C=O) groups is 5. The van der Waals surface area contributed by atoms with E-state index in [4.69, 9.17) is 19.4 Å². The predicted octanol–water partition coefficient (Wildman–Crippen LogP) is 8.73. The summed E-state index contributed by atoms with van der Waals surface area (Å²) in [6, 6.07) is 7.84. The first-order valence-electron chi connectivity index (χ1n) is 22.6. The number of hydrogen-bond acceptors (Lipinski definition) is 11. The van der Waals surface area contributed by atoms with Crippen LogP contribution in [0.3, 0.4) is 0 Å². The summed E-state index contributed by atoms with van der Waals surface area (Å²) in [5.41, 5.74) is 9.01. The van der Waals surface area contributed by atoms with Crippen molar-refractivity contribution in [1.82, 2.24) is 38.3 Å². The number of halogens is 4. The van der Waals surface area contributed by atoms with Gasteiger partial charge in [-0.1, -0.05) is 0 Å². The number of ether oxygens (including phenoxy) is 2. The van der Waals surface area contributed by atoms with Crippen molar-refractivity contribution >= 4 is 69.9 Å². The monoisotopic (exact) mass is 1060 g/mol. The number of amides is 4. The Morgan fingerprint density at radius 1 is 1.10 bits per heavy atom. The van der Waals surface area contributed by atoms with Gasteiger partial charge in [0.2, 0.25) is 0 Å². The van der Waals surface area contributed by atoms with Crippen molar-refractivity contribution in [2.24, 2.45) is 17.3 Å². The third-order valence-electron chi connectivity index (χ3n) is 12.8. The zero-order valence-corrected chi connectivity index (χ0v) is 42.1. The van der Waals surface area contributed by atoms with Gasteiger partial charge in [0.25, 0.3) is 0 Å². The summed E-state index contributed by atoms with van der Waals surface area (Å²) in [7, 11) is 3.12. The van der Waals surface area contributed by atoms with E-state index < -0.39 is 79.3 Å². The Morgan fingerprint density at radius 3 is 2.51 bits per heavy atom. The maximum absolute atomic E-state index is 14.7. The number of nitrogens with one attached hydrogen (secondary N) is 2. The third kappa shape index (κ3) is 10.8. The van der Waals surface area contributed by atoms with E-state index in [0.717, 1.165) is 39.0 Å². The number of pyridine rings is 1. The molecule has 15 nitrogen and oxygen atoms in total. The number of cyclic esters (lactones) is 1. The molecular weight excluding hydrogens is 1000 g/mol. The molecule has 0 spiro atoms. The average molecular weight is 1070 g/mol. The summed E-state index contributed by atoms with van der Waals surface area (Å²) >= 11 is -1.95. The first-order chi connectivity index (χ1) is 31.7. The zero-order chi connectivity index (χ0) is 48.5. The Kier molecular flexibility index (Phi) is 15.4. The van der Waals surface area contributed by atoms with Gasteiger partial charge in [-0.15, -0.1) is 0 Å². The van der Waals surface area contributed by atoms with Crippen LogP contribution in [0.4, 0.5) is 22.8 Å². The third-order valence-corrected chi connectivity index (χ3v) is 18.5. The number of alkyl halides is 4. The van der Waals surface area contributed by atoms with Crippen LogP contribution in [0.2, 0.25) is 0 Å². The van der Waals surface area contributed by atoms with Gasteiger partial charge in [0, 0.05) is 13.3 Å². The number of ketones is 1. The molecule has 67 heavy (non-hydrogen) atoms. The molecule has 0 radical (unpaired) electrons. The molecule has 20 heteroatoms. The van der Waals surface area contributed by atoms with Crippen LogP contribution in [0.1, 0.15) is 89.6 Å². The molecule has 2 fully saturated rings. The van der Waals surface area contributed by atoms with Crippen molar-refractivity contribution in [3.05, 3.63) is 58.2 Å². The quantitative estimate of drug-likeness (QED) is 0.0413. The average Bonchev–Trinajstić information content (AvgIpc) is 3.90. The number of likely N-dealkylation sites (N-methyl/N-ethyl adjacent to an activating group) is 1. The number of aryl methyl sites for hydroxylation is 1. The molecule has 2 N–H and O–H groups in total. The van der Waals surface area contributed by atoms with Crippen LogP contribution in [0.25, 0.3) is 33.4 Å². The first kappa shape index (κ1) is 50.2. The van der Waals surface area contributed by atoms with E-state index in [9.17, 15) is 37.1 Å². The normalized spacial score (nSPS) is 20.1. The van der Waals surface area contributed by atoms with E-state index in [1.165, 1.54) is 33.2 Å². The number of hydrazine groups is 1. The van der Waals surface area contributed by atoms with E-state index in [1.54, 1.807) is 27.2 Å². The summed E-state index contributed by atoms with van der Waals surface area (Å²) in [5.74, 6) is -4.50. The number of urea groups is 1. The van der Waals surface area contributed by atoms with Crippen LogP contribution >= 0.6 is 31.4 Å². The Hall–Kier alpha value is -4.67. The molecule has 1 aromatic carbocycles. The number of carbonyl (C=O) groups excluding carboxylic acids is 5. The van der Waals surface area contributed by atoms with Crippen LogP contribution in [-0.2, 0) is 41.3 Å². The van der Waals surface area contributed by atoms with Crippen molar-refractivity contribution in [3.8, 4) is 22.5 Å². The van der Waals surface area contributed by atoms with Crippen LogP contribution in [0.15, 0.2) is 41.9 Å². The molecule has 2 saturated heterocycles. The van der Waals surface area contributed by atoms with Crippen LogP contribution in [0.5, 0.6) is 0 Å². The van der Waals surface area contributed by atoms with E-state index in [1.807, 2.05) is 24.4 Å². The van der Waals surface area contributed by atoms with E-state index in [2.05, 4.69) is 52.5 Å². The number of benzene rings is 1. The zero-order valence-electron chi connectivity index (χ0n) is 39.2. The van der Waals surface area contributed by atoms with Gasteiger partial charge in [-0.05, 0) is 6.92 Å². The van der Waals surface area contributed by atoms with Gasteiger partial charge in [0.15, 0.2) is 0 Å². The second-order valence-corrected chi connectivity index (χ2v) is 23.8. The number of thiazole rings is 1. The fourth-order valence-corrected chi connectivity index (χ4v) is 14.8. The van der Waals surface area contributed by atoms with Gasteiger partial charge < -0.3 is 4.74 Å². The molecular formula is C47H60F3IN8O7S. The van der Waals surface area contributed by atoms with Gasteiger partial charge >= 0.3 is 377 Å². The van der Waals surface area contributed by atoms with Crippen LogP contribution < -0.4 is 8.96 Å². The molecule has 6 bridgehead atoms. The molecule has 0 saturated carbocycles. The Labute approximate surface area is 400 Å². The summed E-state index contributed by atoms with van der Waals surface area (Å²) < 4.78 is 56.5. The molecule has 6 heterocycles. The number of aromatic nitrogens is 3. The number of nitrogens with zero attached hydrogens (tertiary/aromatic N) is 6. The summed E-state index contributed by atoms with van der Waals surface area (Å²) in [5, 5.41) is 5.01. The molecule has 4 aromatic rings. The molecule has 3 aliphatic heterocycles. The number of fused-ring (bicyclic) bond motifs is 6. The number of likely N-dealkylation sites (tertiary alicyclic amines) is 1. The number of rotatable bonds is 9. The summed E-state index contributed by atoms with van der Waals surface area (Å²) in [4.78, 5) is 81.1. The molecule has 0 aliphatic carbocycles. The fraction of sp³-hybridized carbons (Fsp3) is 0.553.